The van der Waals surface area contributed by atoms with E-state index in [0.29, 0.717) is 35.6 Å². The van der Waals surface area contributed by atoms with E-state index in [9.17, 15) is 9.65 Å². The monoisotopic (exact) mass is 654 g/mol. The van der Waals surface area contributed by atoms with Gasteiger partial charge in [0.1, 0.15) is 30.3 Å². The third-order valence-electron chi connectivity index (χ3n) is 7.70. The van der Waals surface area contributed by atoms with Crippen LogP contribution in [0.25, 0.3) is 22.3 Å². The molecule has 1 fully saturated rings. The molecule has 5 rings (SSSR count). The van der Waals surface area contributed by atoms with Crippen molar-refractivity contribution < 1.29 is 13.9 Å². The number of anilines is 1. The number of nitriles is 1. The molecule has 13 heteroatoms. The first-order valence-electron chi connectivity index (χ1n) is 14.1. The highest BCUT2D eigenvalue weighted by molar-refractivity contribution is 9.10. The number of rotatable bonds is 12. The van der Waals surface area contributed by atoms with E-state index in [1.165, 1.54) is 13.3 Å². The first kappa shape index (κ1) is 30.3. The van der Waals surface area contributed by atoms with E-state index in [4.69, 9.17) is 9.47 Å². The van der Waals surface area contributed by atoms with E-state index in [-0.39, 0.29) is 18.6 Å². The van der Waals surface area contributed by atoms with Crippen molar-refractivity contribution in [3.05, 3.63) is 53.0 Å². The number of ether oxygens (including phenoxy) is 2. The van der Waals surface area contributed by atoms with Gasteiger partial charge in [-0.1, -0.05) is 19.6 Å². The normalized spacial score (nSPS) is 16.3. The van der Waals surface area contributed by atoms with Crippen LogP contribution >= 0.6 is 15.9 Å². The van der Waals surface area contributed by atoms with Gasteiger partial charge in [0.15, 0.2) is 0 Å². The smallest absolute Gasteiger partial charge is 0.148 e. The molecule has 0 N–H and O–H groups in total. The van der Waals surface area contributed by atoms with E-state index in [2.05, 4.69) is 66.6 Å². The molecule has 1 saturated heterocycles. The first-order valence-corrected chi connectivity index (χ1v) is 18.6. The van der Waals surface area contributed by atoms with Gasteiger partial charge in [-0.25, -0.2) is 19.3 Å². The van der Waals surface area contributed by atoms with Gasteiger partial charge in [0.25, 0.3) is 0 Å². The zero-order valence-corrected chi connectivity index (χ0v) is 27.0. The molecule has 0 aliphatic carbocycles. The van der Waals surface area contributed by atoms with Crippen molar-refractivity contribution in [3.8, 4) is 17.3 Å². The van der Waals surface area contributed by atoms with Crippen molar-refractivity contribution in [2.45, 2.75) is 57.9 Å². The molecule has 0 amide bonds. The maximum atomic E-state index is 14.3. The second-order valence-electron chi connectivity index (χ2n) is 11.9. The van der Waals surface area contributed by atoms with Crippen LogP contribution in [-0.4, -0.2) is 64.2 Å². The Hall–Kier alpha value is -3.18. The van der Waals surface area contributed by atoms with Crippen LogP contribution in [0.5, 0.6) is 0 Å². The van der Waals surface area contributed by atoms with Crippen molar-refractivity contribution in [2.24, 2.45) is 5.92 Å². The van der Waals surface area contributed by atoms with Gasteiger partial charge in [-0.2, -0.15) is 10.4 Å². The molecule has 0 bridgehead atoms. The summed E-state index contributed by atoms with van der Waals surface area (Å²) in [6.45, 7) is 9.76. The lowest BCUT2D eigenvalue weighted by Crippen LogP contribution is -2.26. The standard InChI is InChI=1S/C29H36BrFN8O2Si/c1-40-17-23-24(31)14-33-29(26(23)30)37-9-6-20(15-37)25(5-8-32)39-16-21(13-36-39)27-22-7-10-38(28(22)35-18-34-27)19-41-11-12-42(2,3)4/h7,10,13-14,16,18,20,25H,5-6,9,11-12,15,17,19H2,1-4H3/t20-,25-/m0/s1. The molecule has 0 radical (unpaired) electrons. The molecular formula is C29H36BrFN8O2Si. The Morgan fingerprint density at radius 2 is 2.07 bits per heavy atom. The third-order valence-corrected chi connectivity index (χ3v) is 10.2. The topological polar surface area (TPSA) is 107 Å². The van der Waals surface area contributed by atoms with Crippen molar-refractivity contribution in [1.29, 1.82) is 5.26 Å². The lowest BCUT2D eigenvalue weighted by Gasteiger charge is -2.24. The molecule has 1 aliphatic heterocycles. The molecule has 5 heterocycles. The number of fused-ring (bicyclic) bond motifs is 1. The molecular weight excluding hydrogens is 619 g/mol. The Labute approximate surface area is 254 Å². The quantitative estimate of drug-likeness (QED) is 0.135. The molecule has 0 spiro atoms. The largest absolute Gasteiger partial charge is 0.380 e. The van der Waals surface area contributed by atoms with Crippen LogP contribution in [0.2, 0.25) is 25.7 Å². The molecule has 4 aromatic heterocycles. The number of nitrogens with zero attached hydrogens (tertiary/aromatic N) is 8. The van der Waals surface area contributed by atoms with Gasteiger partial charge >= 0.3 is 0 Å². The minimum Gasteiger partial charge on any atom is -0.380 e. The van der Waals surface area contributed by atoms with Crippen molar-refractivity contribution in [3.63, 3.8) is 0 Å². The number of halogens is 2. The van der Waals surface area contributed by atoms with Gasteiger partial charge < -0.3 is 18.9 Å². The average molecular weight is 656 g/mol. The summed E-state index contributed by atoms with van der Waals surface area (Å²) >= 11 is 3.54. The Morgan fingerprint density at radius 1 is 1.24 bits per heavy atom. The lowest BCUT2D eigenvalue weighted by atomic mass is 9.96. The van der Waals surface area contributed by atoms with Crippen molar-refractivity contribution in [1.82, 2.24) is 29.3 Å². The van der Waals surface area contributed by atoms with E-state index >= 15 is 0 Å². The summed E-state index contributed by atoms with van der Waals surface area (Å²) in [6, 6.07) is 5.34. The number of hydrogen-bond acceptors (Lipinski definition) is 8. The molecule has 42 heavy (non-hydrogen) atoms. The number of hydrogen-bond donors (Lipinski definition) is 0. The van der Waals surface area contributed by atoms with Crippen LogP contribution in [0, 0.1) is 23.1 Å². The maximum Gasteiger partial charge on any atom is 0.148 e. The molecule has 2 atom stereocenters. The summed E-state index contributed by atoms with van der Waals surface area (Å²) in [6.07, 6.45) is 9.73. The van der Waals surface area contributed by atoms with Crippen LogP contribution in [0.4, 0.5) is 10.2 Å². The molecule has 0 aromatic carbocycles. The number of aromatic nitrogens is 6. The fourth-order valence-corrected chi connectivity index (χ4v) is 6.79. The highest BCUT2D eigenvalue weighted by Gasteiger charge is 2.33. The highest BCUT2D eigenvalue weighted by atomic mass is 79.9. The summed E-state index contributed by atoms with van der Waals surface area (Å²) < 4.78 is 29.9. The fourth-order valence-electron chi connectivity index (χ4n) is 5.37. The predicted molar refractivity (Wildman–Crippen MR) is 165 cm³/mol. The van der Waals surface area contributed by atoms with Gasteiger partial charge in [-0.3, -0.25) is 4.68 Å². The Morgan fingerprint density at radius 3 is 2.83 bits per heavy atom. The second kappa shape index (κ2) is 13.0. The molecule has 222 valence electrons. The van der Waals surface area contributed by atoms with Crippen LogP contribution in [0.1, 0.15) is 24.4 Å². The SMILES string of the molecule is COCc1c(F)cnc(N2CC[C@H]([C@H](CC#N)n3cc(-c4ncnc5c4ccn5COCC[Si](C)(C)C)cn3)C2)c1Br. The first-order chi connectivity index (χ1) is 20.2. The minimum absolute atomic E-state index is 0.131. The zero-order valence-electron chi connectivity index (χ0n) is 24.4. The summed E-state index contributed by atoms with van der Waals surface area (Å²) in [7, 11) is 0.381. The van der Waals surface area contributed by atoms with E-state index in [0.717, 1.165) is 47.9 Å². The maximum absolute atomic E-state index is 14.3. The molecule has 10 nitrogen and oxygen atoms in total. The van der Waals surface area contributed by atoms with Crippen LogP contribution in [-0.2, 0) is 22.8 Å². The third kappa shape index (κ3) is 6.57. The van der Waals surface area contributed by atoms with E-state index in [1.807, 2.05) is 27.7 Å². The van der Waals surface area contributed by atoms with E-state index < -0.39 is 13.9 Å². The van der Waals surface area contributed by atoms with Gasteiger partial charge in [0.2, 0.25) is 0 Å². The summed E-state index contributed by atoms with van der Waals surface area (Å²) in [4.78, 5) is 15.6. The molecule has 0 unspecified atom stereocenters. The summed E-state index contributed by atoms with van der Waals surface area (Å²) in [5.41, 5.74) is 2.91. The lowest BCUT2D eigenvalue weighted by molar-refractivity contribution is 0.0899. The summed E-state index contributed by atoms with van der Waals surface area (Å²) in [5.74, 6) is 0.431. The average Bonchev–Trinajstić information content (AvgIpc) is 3.72. The van der Waals surface area contributed by atoms with Crippen LogP contribution in [0.15, 0.2) is 41.7 Å². The minimum atomic E-state index is -1.16. The molecule has 4 aromatic rings. The Bertz CT molecular complexity index is 1580. The molecule has 1 aliphatic rings. The van der Waals surface area contributed by atoms with Crippen molar-refractivity contribution in [2.75, 3.05) is 31.7 Å². The van der Waals surface area contributed by atoms with Crippen LogP contribution in [0.3, 0.4) is 0 Å². The number of pyridine rings is 1. The van der Waals surface area contributed by atoms with Crippen LogP contribution < -0.4 is 4.90 Å². The highest BCUT2D eigenvalue weighted by Crippen LogP contribution is 2.37. The zero-order chi connectivity index (χ0) is 29.9. The molecule has 0 saturated carbocycles. The summed E-state index contributed by atoms with van der Waals surface area (Å²) in [5, 5.41) is 15.3. The predicted octanol–water partition coefficient (Wildman–Crippen LogP) is 6.03. The van der Waals surface area contributed by atoms with Gasteiger partial charge in [0, 0.05) is 69.7 Å². The second-order valence-corrected chi connectivity index (χ2v) is 18.3. The van der Waals surface area contributed by atoms with Gasteiger partial charge in [-0.15, -0.1) is 0 Å². The number of methoxy groups -OCH3 is 1. The van der Waals surface area contributed by atoms with Gasteiger partial charge in [-0.05, 0) is 34.5 Å². The Balaban J connectivity index is 1.33. The van der Waals surface area contributed by atoms with Gasteiger partial charge in [0.05, 0.1) is 47.7 Å². The Kier molecular flexibility index (Phi) is 9.37. The van der Waals surface area contributed by atoms with Crippen molar-refractivity contribution >= 4 is 40.9 Å². The van der Waals surface area contributed by atoms with E-state index in [1.54, 1.807) is 12.5 Å². The fraction of sp³-hybridized carbons (Fsp3) is 0.483.